The number of halogens is 2. The summed E-state index contributed by atoms with van der Waals surface area (Å²) in [6.07, 6.45) is -4.67. The first-order valence-electron chi connectivity index (χ1n) is 7.66. The van der Waals surface area contributed by atoms with Gasteiger partial charge < -0.3 is 23.7 Å². The highest BCUT2D eigenvalue weighted by molar-refractivity contribution is 6.00. The number of alkyl halides is 2. The van der Waals surface area contributed by atoms with E-state index in [4.69, 9.17) is 14.2 Å². The Labute approximate surface area is 148 Å². The van der Waals surface area contributed by atoms with Gasteiger partial charge in [0.05, 0.1) is 14.2 Å². The van der Waals surface area contributed by atoms with Crippen molar-refractivity contribution in [2.45, 2.75) is 19.3 Å². The van der Waals surface area contributed by atoms with Crippen molar-refractivity contribution in [3.8, 4) is 28.7 Å². The van der Waals surface area contributed by atoms with Crippen LogP contribution >= 0.6 is 0 Å². The van der Waals surface area contributed by atoms with E-state index in [-0.39, 0.29) is 22.8 Å². The molecule has 1 aliphatic rings. The number of fused-ring (bicyclic) bond motifs is 1. The van der Waals surface area contributed by atoms with Crippen LogP contribution in [0, 0.1) is 0 Å². The lowest BCUT2D eigenvalue weighted by atomic mass is 10.1. The highest BCUT2D eigenvalue weighted by Crippen LogP contribution is 2.42. The van der Waals surface area contributed by atoms with Crippen molar-refractivity contribution in [2.24, 2.45) is 0 Å². The summed E-state index contributed by atoms with van der Waals surface area (Å²) in [5.74, 6) is 0.295. The third-order valence-electron chi connectivity index (χ3n) is 3.73. The summed E-state index contributed by atoms with van der Waals surface area (Å²) >= 11 is 0. The lowest BCUT2D eigenvalue weighted by molar-refractivity contribution is -0.286. The van der Waals surface area contributed by atoms with Gasteiger partial charge in [-0.2, -0.15) is 0 Å². The summed E-state index contributed by atoms with van der Waals surface area (Å²) < 4.78 is 51.0. The van der Waals surface area contributed by atoms with Crippen LogP contribution in [0.4, 0.5) is 8.78 Å². The molecule has 1 unspecified atom stereocenters. The van der Waals surface area contributed by atoms with Gasteiger partial charge >= 0.3 is 6.29 Å². The van der Waals surface area contributed by atoms with Crippen LogP contribution in [-0.4, -0.2) is 32.4 Å². The maximum atomic E-state index is 13.1. The number of para-hydroxylation sites is 1. The molecule has 0 saturated heterocycles. The zero-order valence-electron chi connectivity index (χ0n) is 14.2. The van der Waals surface area contributed by atoms with Crippen LogP contribution in [0.15, 0.2) is 36.4 Å². The summed E-state index contributed by atoms with van der Waals surface area (Å²) in [6, 6.07) is 8.85. The maximum Gasteiger partial charge on any atom is 0.586 e. The van der Waals surface area contributed by atoms with Crippen LogP contribution in [0.1, 0.15) is 17.3 Å². The molecular formula is C18H16F2O6. The fourth-order valence-electron chi connectivity index (χ4n) is 2.50. The Balaban J connectivity index is 1.82. The Hall–Kier alpha value is -3.03. The molecule has 0 spiro atoms. The number of methoxy groups -OCH3 is 2. The van der Waals surface area contributed by atoms with E-state index < -0.39 is 18.2 Å². The summed E-state index contributed by atoms with van der Waals surface area (Å²) in [4.78, 5) is 12.6. The van der Waals surface area contributed by atoms with Crippen molar-refractivity contribution in [1.29, 1.82) is 0 Å². The highest BCUT2D eigenvalue weighted by Gasteiger charge is 2.43. The van der Waals surface area contributed by atoms with Gasteiger partial charge in [-0.3, -0.25) is 4.79 Å². The average Bonchev–Trinajstić information content (AvgIpc) is 2.93. The third kappa shape index (κ3) is 3.35. The zero-order chi connectivity index (χ0) is 18.9. The number of carbonyl (C=O) groups is 1. The minimum atomic E-state index is -3.74. The Morgan fingerprint density at radius 1 is 1.04 bits per heavy atom. The number of hydrogen-bond acceptors (Lipinski definition) is 6. The lowest BCUT2D eigenvalue weighted by Crippen LogP contribution is -2.26. The van der Waals surface area contributed by atoms with Gasteiger partial charge in [-0.1, -0.05) is 6.07 Å². The van der Waals surface area contributed by atoms with E-state index >= 15 is 0 Å². The standard InChI is InChI=1S/C18H16F2O6/c1-10(24-17-13(22-2)5-4-6-14(17)23-3)16(21)11-7-8-12-15(9-11)26-18(19,20)25-12/h4-10H,1-3H3. The molecule has 0 aromatic heterocycles. The van der Waals surface area contributed by atoms with Gasteiger partial charge in [0.2, 0.25) is 11.5 Å². The van der Waals surface area contributed by atoms with E-state index in [1.54, 1.807) is 18.2 Å². The number of ether oxygens (including phenoxy) is 5. The van der Waals surface area contributed by atoms with E-state index in [0.717, 1.165) is 0 Å². The lowest BCUT2D eigenvalue weighted by Gasteiger charge is -2.18. The number of carbonyl (C=O) groups excluding carboxylic acids is 1. The first-order chi connectivity index (χ1) is 12.3. The van der Waals surface area contributed by atoms with Crippen LogP contribution in [0.2, 0.25) is 0 Å². The zero-order valence-corrected chi connectivity index (χ0v) is 14.2. The molecule has 2 aromatic carbocycles. The second-order valence-corrected chi connectivity index (χ2v) is 5.44. The quantitative estimate of drug-likeness (QED) is 0.727. The van der Waals surface area contributed by atoms with E-state index in [1.165, 1.54) is 39.3 Å². The number of rotatable bonds is 6. The summed E-state index contributed by atoms with van der Waals surface area (Å²) in [6.45, 7) is 1.54. The fourth-order valence-corrected chi connectivity index (χ4v) is 2.50. The van der Waals surface area contributed by atoms with E-state index in [9.17, 15) is 13.6 Å². The highest BCUT2D eigenvalue weighted by atomic mass is 19.3. The largest absolute Gasteiger partial charge is 0.586 e. The Morgan fingerprint density at radius 3 is 2.27 bits per heavy atom. The molecule has 0 N–H and O–H groups in total. The second kappa shape index (κ2) is 6.70. The average molecular weight is 366 g/mol. The van der Waals surface area contributed by atoms with Gasteiger partial charge in [-0.05, 0) is 37.3 Å². The predicted molar refractivity (Wildman–Crippen MR) is 86.6 cm³/mol. The number of ketones is 1. The normalized spacial score (nSPS) is 15.3. The van der Waals surface area contributed by atoms with Gasteiger partial charge in [0.25, 0.3) is 0 Å². The molecular weight excluding hydrogens is 350 g/mol. The topological polar surface area (TPSA) is 63.2 Å². The molecule has 3 rings (SSSR count). The van der Waals surface area contributed by atoms with Crippen LogP contribution in [-0.2, 0) is 0 Å². The van der Waals surface area contributed by atoms with Crippen LogP contribution in [0.25, 0.3) is 0 Å². The Kier molecular flexibility index (Phi) is 4.58. The summed E-state index contributed by atoms with van der Waals surface area (Å²) in [5.41, 5.74) is 0.145. The molecule has 1 atom stereocenters. The van der Waals surface area contributed by atoms with Crippen molar-refractivity contribution in [1.82, 2.24) is 0 Å². The van der Waals surface area contributed by atoms with Gasteiger partial charge in [-0.15, -0.1) is 8.78 Å². The van der Waals surface area contributed by atoms with Crippen molar-refractivity contribution in [3.05, 3.63) is 42.0 Å². The molecule has 0 aliphatic carbocycles. The molecule has 8 heteroatoms. The van der Waals surface area contributed by atoms with Crippen molar-refractivity contribution < 1.29 is 37.3 Å². The minimum absolute atomic E-state index is 0.133. The monoisotopic (exact) mass is 366 g/mol. The third-order valence-corrected chi connectivity index (χ3v) is 3.73. The van der Waals surface area contributed by atoms with Gasteiger partial charge in [0.15, 0.2) is 29.1 Å². The molecule has 0 saturated carbocycles. The Morgan fingerprint density at radius 2 is 1.65 bits per heavy atom. The molecule has 0 bridgehead atoms. The van der Waals surface area contributed by atoms with E-state index in [1.807, 2.05) is 0 Å². The summed E-state index contributed by atoms with van der Waals surface area (Å²) in [5, 5.41) is 0. The fraction of sp³-hybridized carbons (Fsp3) is 0.278. The molecule has 26 heavy (non-hydrogen) atoms. The maximum absolute atomic E-state index is 13.1. The molecule has 0 fully saturated rings. The first kappa shape index (κ1) is 17.8. The molecule has 138 valence electrons. The number of Topliss-reactive ketones (excluding diaryl/α,β-unsaturated/α-hetero) is 1. The summed E-state index contributed by atoms with van der Waals surface area (Å²) in [7, 11) is 2.93. The molecule has 1 heterocycles. The van der Waals surface area contributed by atoms with Crippen molar-refractivity contribution in [3.63, 3.8) is 0 Å². The van der Waals surface area contributed by atoms with Crippen molar-refractivity contribution >= 4 is 5.78 Å². The Bertz CT molecular complexity index is 814. The molecule has 1 aliphatic heterocycles. The van der Waals surface area contributed by atoms with Crippen LogP contribution in [0.5, 0.6) is 28.7 Å². The molecule has 0 radical (unpaired) electrons. The predicted octanol–water partition coefficient (Wildman–Crippen LogP) is 3.68. The van der Waals surface area contributed by atoms with E-state index in [2.05, 4.69) is 9.47 Å². The van der Waals surface area contributed by atoms with Crippen molar-refractivity contribution in [2.75, 3.05) is 14.2 Å². The van der Waals surface area contributed by atoms with Crippen LogP contribution < -0.4 is 23.7 Å². The van der Waals surface area contributed by atoms with Gasteiger partial charge in [-0.25, -0.2) is 0 Å². The molecule has 0 amide bonds. The van der Waals surface area contributed by atoms with Gasteiger partial charge in [0.1, 0.15) is 0 Å². The number of benzene rings is 2. The van der Waals surface area contributed by atoms with E-state index in [0.29, 0.717) is 11.5 Å². The van der Waals surface area contributed by atoms with Crippen LogP contribution in [0.3, 0.4) is 0 Å². The molecule has 6 nitrogen and oxygen atoms in total. The first-order valence-corrected chi connectivity index (χ1v) is 7.66. The SMILES string of the molecule is COc1cccc(OC)c1OC(C)C(=O)c1ccc2c(c1)OC(F)(F)O2. The number of hydrogen-bond donors (Lipinski definition) is 0. The second-order valence-electron chi connectivity index (χ2n) is 5.44. The molecule has 2 aromatic rings. The van der Waals surface area contributed by atoms with Gasteiger partial charge in [0, 0.05) is 5.56 Å². The smallest absolute Gasteiger partial charge is 0.493 e. The minimum Gasteiger partial charge on any atom is -0.493 e.